The highest BCUT2D eigenvalue weighted by Gasteiger charge is 2.15. The third-order valence-corrected chi connectivity index (χ3v) is 7.44. The van der Waals surface area contributed by atoms with Gasteiger partial charge in [0.15, 0.2) is 23.2 Å². The maximum atomic E-state index is 12.7. The highest BCUT2D eigenvalue weighted by molar-refractivity contribution is 7.14. The molecule has 5 aromatic rings. The van der Waals surface area contributed by atoms with Crippen LogP contribution < -0.4 is 30.3 Å². The Morgan fingerprint density at radius 2 is 1.72 bits per heavy atom. The van der Waals surface area contributed by atoms with Crippen molar-refractivity contribution < 1.29 is 23.8 Å². The lowest BCUT2D eigenvalue weighted by atomic mass is 10.1. The van der Waals surface area contributed by atoms with Crippen molar-refractivity contribution in [1.29, 1.82) is 0 Å². The van der Waals surface area contributed by atoms with Crippen molar-refractivity contribution >= 4 is 57.5 Å². The number of halogens is 1. The van der Waals surface area contributed by atoms with Gasteiger partial charge in [-0.1, -0.05) is 41.9 Å². The van der Waals surface area contributed by atoms with Crippen LogP contribution in [-0.4, -0.2) is 43.3 Å². The lowest BCUT2D eigenvalue weighted by Crippen LogP contribution is -2.20. The number of para-hydroxylation sites is 1. The van der Waals surface area contributed by atoms with Crippen molar-refractivity contribution in [1.82, 2.24) is 10.4 Å². The molecule has 10 nitrogen and oxygen atoms in total. The van der Waals surface area contributed by atoms with Gasteiger partial charge in [-0.2, -0.15) is 5.10 Å². The molecule has 4 aromatic carbocycles. The van der Waals surface area contributed by atoms with Crippen molar-refractivity contribution in [3.05, 3.63) is 113 Å². The van der Waals surface area contributed by atoms with E-state index in [0.29, 0.717) is 34.9 Å². The number of ether oxygens (including phenoxy) is 3. The van der Waals surface area contributed by atoms with Crippen LogP contribution in [0.1, 0.15) is 22.8 Å². The maximum absolute atomic E-state index is 12.7. The number of methoxy groups -OCH3 is 1. The fourth-order valence-electron chi connectivity index (χ4n) is 4.21. The van der Waals surface area contributed by atoms with Gasteiger partial charge in [0.05, 0.1) is 30.6 Å². The summed E-state index contributed by atoms with van der Waals surface area (Å²) in [6.45, 7) is 1.86. The first-order chi connectivity index (χ1) is 22.4. The first-order valence-corrected chi connectivity index (χ1v) is 15.4. The zero-order valence-corrected chi connectivity index (χ0v) is 26.5. The first-order valence-electron chi connectivity index (χ1n) is 14.2. The average molecular weight is 656 g/mol. The van der Waals surface area contributed by atoms with Crippen LogP contribution in [0.2, 0.25) is 5.02 Å². The van der Waals surface area contributed by atoms with E-state index in [-0.39, 0.29) is 29.2 Å². The van der Waals surface area contributed by atoms with E-state index in [2.05, 4.69) is 26.1 Å². The third kappa shape index (κ3) is 8.62. The number of rotatable bonds is 13. The van der Waals surface area contributed by atoms with E-state index in [1.165, 1.54) is 17.6 Å². The summed E-state index contributed by atoms with van der Waals surface area (Å²) < 4.78 is 16.5. The summed E-state index contributed by atoms with van der Waals surface area (Å²) in [6.07, 6.45) is 1.44. The van der Waals surface area contributed by atoms with Gasteiger partial charge in [-0.15, -0.1) is 11.3 Å². The Balaban J connectivity index is 1.16. The SMILES string of the molecule is CCOc1cc(/C=N/NC(=O)c2ccc(-c3csc(Nc4ccccc4)n3)cc2)cc(Cl)c1OCC(=O)Nc1ccc(OC)cc1. The number of carbonyl (C=O) groups excluding carboxylic acids is 2. The Kier molecular flexibility index (Phi) is 10.8. The van der Waals surface area contributed by atoms with Gasteiger partial charge >= 0.3 is 0 Å². The number of anilines is 3. The molecule has 3 N–H and O–H groups in total. The van der Waals surface area contributed by atoms with Crippen molar-refractivity contribution in [3.63, 3.8) is 0 Å². The van der Waals surface area contributed by atoms with Gasteiger partial charge in [-0.05, 0) is 73.2 Å². The Hall–Kier alpha value is -5.39. The molecule has 5 rings (SSSR count). The number of hydrogen-bond donors (Lipinski definition) is 3. The van der Waals surface area contributed by atoms with E-state index in [1.54, 1.807) is 55.6 Å². The molecular formula is C34H30ClN5O5S. The second-order valence-corrected chi connectivity index (χ2v) is 10.9. The summed E-state index contributed by atoms with van der Waals surface area (Å²) in [7, 11) is 1.57. The van der Waals surface area contributed by atoms with E-state index in [4.69, 9.17) is 25.8 Å². The minimum atomic E-state index is -0.383. The van der Waals surface area contributed by atoms with Gasteiger partial charge in [0, 0.05) is 27.9 Å². The number of benzene rings is 4. The molecule has 0 aliphatic carbocycles. The van der Waals surface area contributed by atoms with Gasteiger partial charge in [0.2, 0.25) is 0 Å². The molecule has 0 saturated carbocycles. The Morgan fingerprint density at radius 1 is 0.957 bits per heavy atom. The van der Waals surface area contributed by atoms with E-state index in [9.17, 15) is 9.59 Å². The molecule has 0 saturated heterocycles. The standard InChI is InChI=1S/C34H30ClN5O5S/c1-3-44-30-18-22(17-28(35)32(30)45-20-31(41)37-26-13-15-27(43-2)16-14-26)19-36-40-33(42)24-11-9-23(10-12-24)29-21-46-34(39-29)38-25-7-5-4-6-8-25/h4-19,21H,3,20H2,1-2H3,(H,37,41)(H,38,39)(H,40,42)/b36-19+. The van der Waals surface area contributed by atoms with Gasteiger partial charge in [0.25, 0.3) is 11.8 Å². The number of nitrogens with one attached hydrogen (secondary N) is 3. The largest absolute Gasteiger partial charge is 0.497 e. The van der Waals surface area contributed by atoms with Crippen LogP contribution in [0.3, 0.4) is 0 Å². The van der Waals surface area contributed by atoms with Crippen LogP contribution in [-0.2, 0) is 4.79 Å². The molecule has 1 aromatic heterocycles. The molecule has 46 heavy (non-hydrogen) atoms. The number of amides is 2. The predicted octanol–water partition coefficient (Wildman–Crippen LogP) is 7.40. The summed E-state index contributed by atoms with van der Waals surface area (Å²) >= 11 is 7.99. The zero-order chi connectivity index (χ0) is 32.3. The zero-order valence-electron chi connectivity index (χ0n) is 25.0. The fraction of sp³-hybridized carbons (Fsp3) is 0.118. The molecule has 12 heteroatoms. The van der Waals surface area contributed by atoms with Crippen LogP contribution in [0.5, 0.6) is 17.2 Å². The molecule has 0 fully saturated rings. The van der Waals surface area contributed by atoms with E-state index >= 15 is 0 Å². The van der Waals surface area contributed by atoms with Gasteiger partial charge in [-0.3, -0.25) is 9.59 Å². The van der Waals surface area contributed by atoms with E-state index in [0.717, 1.165) is 22.1 Å². The number of nitrogens with zero attached hydrogens (tertiary/aromatic N) is 2. The quantitative estimate of drug-likeness (QED) is 0.0892. The highest BCUT2D eigenvalue weighted by Crippen LogP contribution is 2.36. The number of aromatic nitrogens is 1. The highest BCUT2D eigenvalue weighted by atomic mass is 35.5. The first kappa shape index (κ1) is 32.0. The number of hydrogen-bond acceptors (Lipinski definition) is 9. The van der Waals surface area contributed by atoms with Crippen molar-refractivity contribution in [2.75, 3.05) is 31.0 Å². The minimum Gasteiger partial charge on any atom is -0.497 e. The smallest absolute Gasteiger partial charge is 0.271 e. The van der Waals surface area contributed by atoms with E-state index < -0.39 is 0 Å². The molecular weight excluding hydrogens is 626 g/mol. The molecule has 0 atom stereocenters. The van der Waals surface area contributed by atoms with Gasteiger partial charge < -0.3 is 24.8 Å². The van der Waals surface area contributed by atoms with Crippen molar-refractivity contribution in [2.45, 2.75) is 6.92 Å². The number of carbonyl (C=O) groups is 2. The molecule has 234 valence electrons. The monoisotopic (exact) mass is 655 g/mol. The summed E-state index contributed by atoms with van der Waals surface area (Å²) in [5, 5.41) is 13.1. The number of thiazole rings is 1. The molecule has 0 aliphatic heterocycles. The molecule has 0 bridgehead atoms. The average Bonchev–Trinajstić information content (AvgIpc) is 3.54. The van der Waals surface area contributed by atoms with Crippen LogP contribution in [0, 0.1) is 0 Å². The van der Waals surface area contributed by atoms with E-state index in [1.807, 2.05) is 54.8 Å². The second kappa shape index (κ2) is 15.6. The Morgan fingerprint density at radius 3 is 2.43 bits per heavy atom. The van der Waals surface area contributed by atoms with Gasteiger partial charge in [0.1, 0.15) is 5.75 Å². The fourth-order valence-corrected chi connectivity index (χ4v) is 5.22. The van der Waals surface area contributed by atoms with Crippen LogP contribution in [0.15, 0.2) is 101 Å². The maximum Gasteiger partial charge on any atom is 0.271 e. The lowest BCUT2D eigenvalue weighted by molar-refractivity contribution is -0.118. The summed E-state index contributed by atoms with van der Waals surface area (Å²) in [5.41, 5.74) is 6.77. The molecule has 0 aliphatic rings. The number of hydrazone groups is 1. The molecule has 1 heterocycles. The van der Waals surface area contributed by atoms with Crippen LogP contribution in [0.25, 0.3) is 11.3 Å². The Labute approximate surface area is 275 Å². The van der Waals surface area contributed by atoms with Crippen LogP contribution in [0.4, 0.5) is 16.5 Å². The Bertz CT molecular complexity index is 1810. The van der Waals surface area contributed by atoms with Crippen LogP contribution >= 0.6 is 22.9 Å². The molecule has 2 amide bonds. The minimum absolute atomic E-state index is 0.218. The lowest BCUT2D eigenvalue weighted by Gasteiger charge is -2.14. The molecule has 0 radical (unpaired) electrons. The van der Waals surface area contributed by atoms with Gasteiger partial charge in [-0.25, -0.2) is 10.4 Å². The predicted molar refractivity (Wildman–Crippen MR) is 182 cm³/mol. The van der Waals surface area contributed by atoms with Crippen molar-refractivity contribution in [3.8, 4) is 28.5 Å². The van der Waals surface area contributed by atoms with Crippen molar-refractivity contribution in [2.24, 2.45) is 5.10 Å². The third-order valence-electron chi connectivity index (χ3n) is 6.40. The summed E-state index contributed by atoms with van der Waals surface area (Å²) in [5.74, 6) is 0.476. The molecule has 0 unspecified atom stereocenters. The summed E-state index contributed by atoms with van der Waals surface area (Å²) in [6, 6.07) is 27.1. The summed E-state index contributed by atoms with van der Waals surface area (Å²) in [4.78, 5) is 29.8. The normalized spacial score (nSPS) is 10.8. The second-order valence-electron chi connectivity index (χ2n) is 9.63. The molecule has 0 spiro atoms. The topological polar surface area (TPSA) is 123 Å².